The summed E-state index contributed by atoms with van der Waals surface area (Å²) in [6.07, 6.45) is 0.242. The fourth-order valence-corrected chi connectivity index (χ4v) is 5.41. The summed E-state index contributed by atoms with van der Waals surface area (Å²) in [5.41, 5.74) is 13.8. The van der Waals surface area contributed by atoms with Gasteiger partial charge in [-0.05, 0) is 67.3 Å². The molecule has 8 N–H and O–H groups in total. The van der Waals surface area contributed by atoms with Gasteiger partial charge in [-0.1, -0.05) is 75.7 Å². The van der Waals surface area contributed by atoms with Crippen LogP contribution in [0.2, 0.25) is 10.8 Å². The van der Waals surface area contributed by atoms with Crippen LogP contribution in [-0.2, 0) is 19.2 Å². The van der Waals surface area contributed by atoms with Crippen molar-refractivity contribution in [2.45, 2.75) is 84.1 Å². The number of rotatable bonds is 21. The Hall–Kier alpha value is -3.42. The molecule has 0 aliphatic heterocycles. The van der Waals surface area contributed by atoms with E-state index in [9.17, 15) is 34.0 Å². The van der Waals surface area contributed by atoms with E-state index in [1.165, 1.54) is 6.92 Å². The van der Waals surface area contributed by atoms with Crippen LogP contribution in [0.5, 0.6) is 0 Å². The van der Waals surface area contributed by atoms with Gasteiger partial charge in [0.1, 0.15) is 0 Å². The lowest BCUT2D eigenvalue weighted by atomic mass is 9.71. The van der Waals surface area contributed by atoms with Crippen LogP contribution in [0.25, 0.3) is 11.1 Å². The van der Waals surface area contributed by atoms with Gasteiger partial charge in [-0.2, -0.15) is 0 Å². The van der Waals surface area contributed by atoms with Crippen LogP contribution in [0.4, 0.5) is 0 Å². The highest BCUT2D eigenvalue weighted by Crippen LogP contribution is 2.23. The van der Waals surface area contributed by atoms with E-state index in [-0.39, 0.29) is 62.7 Å². The van der Waals surface area contributed by atoms with Crippen molar-refractivity contribution in [2.24, 2.45) is 29.2 Å². The Morgan fingerprint density at radius 2 is 1.25 bits per heavy atom. The van der Waals surface area contributed by atoms with Gasteiger partial charge in [-0.25, -0.2) is 0 Å². The predicted molar refractivity (Wildman–Crippen MR) is 188 cm³/mol. The maximum Gasteiger partial charge on any atom is 0.454 e. The van der Waals surface area contributed by atoms with Crippen LogP contribution in [0.1, 0.15) is 76.6 Å². The number of Topliss-reactive ketones (excluding diaryl/α,β-unsaturated/α-hetero) is 3. The minimum Gasteiger partial charge on any atom is -0.427 e. The molecule has 2 rings (SSSR count). The first-order chi connectivity index (χ1) is 22.7. The van der Waals surface area contributed by atoms with Crippen LogP contribution in [-0.4, -0.2) is 71.5 Å². The molecule has 0 fully saturated rings. The van der Waals surface area contributed by atoms with Crippen molar-refractivity contribution in [2.75, 3.05) is 13.1 Å². The largest absolute Gasteiger partial charge is 0.454 e. The van der Waals surface area contributed by atoms with E-state index < -0.39 is 54.5 Å². The molecule has 0 saturated heterocycles. The maximum atomic E-state index is 13.4. The summed E-state index contributed by atoms with van der Waals surface area (Å²) in [7, 11) is -1.66. The van der Waals surface area contributed by atoms with E-state index >= 15 is 0 Å². The van der Waals surface area contributed by atoms with Gasteiger partial charge in [0.2, 0.25) is 11.8 Å². The Kier molecular flexibility index (Phi) is 17.1. The molecule has 11 nitrogen and oxygen atoms in total. The van der Waals surface area contributed by atoms with Gasteiger partial charge in [0, 0.05) is 41.7 Å². The third kappa shape index (κ3) is 13.2. The quantitative estimate of drug-likeness (QED) is 0.0842. The van der Waals surface area contributed by atoms with E-state index in [1.807, 2.05) is 38.1 Å². The number of ketones is 3. The summed E-state index contributed by atoms with van der Waals surface area (Å²) in [6.45, 7) is 7.12. The lowest BCUT2D eigenvalue weighted by Gasteiger charge is -2.24. The van der Waals surface area contributed by atoms with Crippen molar-refractivity contribution in [3.8, 4) is 11.1 Å². The summed E-state index contributed by atoms with van der Waals surface area (Å²) in [5.74, 6) is -4.24. The Morgan fingerprint density at radius 1 is 0.729 bits per heavy atom. The molecule has 0 aromatic heterocycles. The Morgan fingerprint density at radius 3 is 1.77 bits per heavy atom. The zero-order valence-corrected chi connectivity index (χ0v) is 29.0. The Balaban J connectivity index is 2.06. The first-order valence-electron chi connectivity index (χ1n) is 16.5. The second kappa shape index (κ2) is 20.2. The van der Waals surface area contributed by atoms with E-state index in [4.69, 9.17) is 23.1 Å². The monoisotopic (exact) mass is 684 g/mol. The SMILES string of the molecule is CC(C)C[C@H](NC(=O)[C@H](C)CC(=O)[C@H](CCN)NC(=O)[C@H](CCN)CC(=O)c1ccc(-c2ccc(Cl)cc2)cc1)C(=O)C[C@@H](C)B(O)O. The van der Waals surface area contributed by atoms with Crippen molar-refractivity contribution >= 4 is 47.9 Å². The van der Waals surface area contributed by atoms with Crippen molar-refractivity contribution < 1.29 is 34.0 Å². The number of hydrogen-bond acceptors (Lipinski definition) is 9. The molecule has 0 heterocycles. The minimum absolute atomic E-state index is 0.0664. The molecule has 262 valence electrons. The third-order valence-corrected chi connectivity index (χ3v) is 8.51. The van der Waals surface area contributed by atoms with Gasteiger partial charge in [0.25, 0.3) is 0 Å². The number of carbonyl (C=O) groups excluding carboxylic acids is 5. The fraction of sp³-hybridized carbons (Fsp3) is 0.514. The van der Waals surface area contributed by atoms with Crippen molar-refractivity contribution in [3.05, 3.63) is 59.1 Å². The van der Waals surface area contributed by atoms with Gasteiger partial charge in [-0.3, -0.25) is 24.0 Å². The molecule has 0 radical (unpaired) electrons. The molecule has 0 unspecified atom stereocenters. The van der Waals surface area contributed by atoms with Gasteiger partial charge in [0.15, 0.2) is 17.3 Å². The van der Waals surface area contributed by atoms with E-state index in [2.05, 4.69) is 10.6 Å². The van der Waals surface area contributed by atoms with Crippen LogP contribution < -0.4 is 22.1 Å². The molecule has 2 aromatic carbocycles. The van der Waals surface area contributed by atoms with Crippen LogP contribution in [0, 0.1) is 17.8 Å². The lowest BCUT2D eigenvalue weighted by Crippen LogP contribution is -2.48. The van der Waals surface area contributed by atoms with Gasteiger partial charge in [-0.15, -0.1) is 0 Å². The highest BCUT2D eigenvalue weighted by Gasteiger charge is 2.31. The maximum absolute atomic E-state index is 13.4. The molecule has 0 aliphatic rings. The number of hydrogen-bond donors (Lipinski definition) is 6. The smallest absolute Gasteiger partial charge is 0.427 e. The number of carbonyl (C=O) groups is 5. The van der Waals surface area contributed by atoms with Gasteiger partial charge in [0.05, 0.1) is 12.1 Å². The zero-order chi connectivity index (χ0) is 36.0. The second-order valence-electron chi connectivity index (χ2n) is 12.9. The standard InChI is InChI=1S/C35H50BClN4O7/c1-21(2)17-30(33(44)19-23(4)36(47)48)41-34(45)22(3)18-32(43)29(14-16-39)40-35(46)27(13-15-38)20-31(42)26-7-5-24(6-8-26)25-9-11-28(37)12-10-25/h5-12,21-23,27,29-30,47-48H,13-20,38-39H2,1-4H3,(H,40,46)(H,41,45)/t22-,23-,27-,29+,30+/m1/s1. The van der Waals surface area contributed by atoms with Crippen LogP contribution in [0.15, 0.2) is 48.5 Å². The molecule has 2 amide bonds. The molecule has 48 heavy (non-hydrogen) atoms. The number of nitrogens with two attached hydrogens (primary N) is 2. The predicted octanol–water partition coefficient (Wildman–Crippen LogP) is 3.33. The molecular weight excluding hydrogens is 635 g/mol. The van der Waals surface area contributed by atoms with Crippen molar-refractivity contribution in [1.82, 2.24) is 10.6 Å². The highest BCUT2D eigenvalue weighted by atomic mass is 35.5. The Labute approximate surface area is 288 Å². The topological polar surface area (TPSA) is 202 Å². The summed E-state index contributed by atoms with van der Waals surface area (Å²) in [5, 5.41) is 24.9. The van der Waals surface area contributed by atoms with Crippen molar-refractivity contribution in [3.63, 3.8) is 0 Å². The summed E-state index contributed by atoms with van der Waals surface area (Å²) >= 11 is 5.98. The number of benzene rings is 2. The minimum atomic E-state index is -1.66. The molecule has 0 aliphatic carbocycles. The number of halogens is 1. The third-order valence-electron chi connectivity index (χ3n) is 8.26. The fourth-order valence-electron chi connectivity index (χ4n) is 5.29. The van der Waals surface area contributed by atoms with Gasteiger partial charge < -0.3 is 32.1 Å². The van der Waals surface area contributed by atoms with E-state index in [0.717, 1.165) is 11.1 Å². The number of amides is 2. The first kappa shape index (κ1) is 40.8. The molecule has 0 saturated carbocycles. The molecule has 0 spiro atoms. The summed E-state index contributed by atoms with van der Waals surface area (Å²) < 4.78 is 0. The van der Waals surface area contributed by atoms with Gasteiger partial charge >= 0.3 is 7.12 Å². The Bertz CT molecular complexity index is 1370. The molecular formula is C35H50BClN4O7. The highest BCUT2D eigenvalue weighted by molar-refractivity contribution is 6.43. The molecule has 0 bridgehead atoms. The van der Waals surface area contributed by atoms with Crippen LogP contribution >= 0.6 is 11.6 Å². The summed E-state index contributed by atoms with van der Waals surface area (Å²) in [4.78, 5) is 65.8. The average molecular weight is 685 g/mol. The lowest BCUT2D eigenvalue weighted by molar-refractivity contribution is -0.134. The number of nitrogens with one attached hydrogen (secondary N) is 2. The molecule has 5 atom stereocenters. The van der Waals surface area contributed by atoms with Crippen molar-refractivity contribution in [1.29, 1.82) is 0 Å². The first-order valence-corrected chi connectivity index (χ1v) is 16.9. The molecule has 2 aromatic rings. The van der Waals surface area contributed by atoms with E-state index in [1.54, 1.807) is 31.2 Å². The normalized spacial score (nSPS) is 14.4. The van der Waals surface area contributed by atoms with E-state index in [0.29, 0.717) is 17.0 Å². The second-order valence-corrected chi connectivity index (χ2v) is 13.4. The zero-order valence-electron chi connectivity index (χ0n) is 28.3. The summed E-state index contributed by atoms with van der Waals surface area (Å²) in [6, 6.07) is 12.5. The average Bonchev–Trinajstić information content (AvgIpc) is 3.03. The molecule has 13 heteroatoms. The van der Waals surface area contributed by atoms with Crippen LogP contribution in [0.3, 0.4) is 0 Å².